The van der Waals surface area contributed by atoms with Gasteiger partial charge in [-0.1, -0.05) is 19.8 Å². The molecule has 0 spiro atoms. The molecular weight excluding hydrogens is 228 g/mol. The Hall–Kier alpha value is -0.610. The molecule has 18 heavy (non-hydrogen) atoms. The van der Waals surface area contributed by atoms with Crippen LogP contribution in [0, 0.1) is 0 Å². The highest BCUT2D eigenvalue weighted by molar-refractivity contribution is 5.71. The van der Waals surface area contributed by atoms with Gasteiger partial charge < -0.3 is 10.1 Å². The zero-order valence-electron chi connectivity index (χ0n) is 11.9. The number of carbonyl (C=O) groups excluding carboxylic acids is 1. The van der Waals surface area contributed by atoms with Gasteiger partial charge in [0, 0.05) is 12.6 Å². The number of hydrogen-bond donors (Lipinski definition) is 1. The van der Waals surface area contributed by atoms with E-state index in [0.717, 1.165) is 19.4 Å². The van der Waals surface area contributed by atoms with Gasteiger partial charge in [0.15, 0.2) is 0 Å². The largest absolute Gasteiger partial charge is 0.465 e. The minimum atomic E-state index is -0.130. The molecular formula is C14H28N2O2. The van der Waals surface area contributed by atoms with Gasteiger partial charge >= 0.3 is 5.97 Å². The number of piperidine rings is 1. The van der Waals surface area contributed by atoms with E-state index in [4.69, 9.17) is 4.74 Å². The molecule has 0 aromatic carbocycles. The molecule has 0 amide bonds. The Balaban J connectivity index is 2.03. The number of hydrogen-bond acceptors (Lipinski definition) is 4. The van der Waals surface area contributed by atoms with Crippen molar-refractivity contribution in [1.29, 1.82) is 0 Å². The minimum Gasteiger partial charge on any atom is -0.465 e. The standard InChI is InChI=1S/C14H28N2O2/c1-3-4-10-18-14(17)12-15-11-13(2)16-8-6-5-7-9-16/h13,15H,3-12H2,1-2H3. The number of rotatable bonds is 8. The number of ether oxygens (including phenoxy) is 1. The summed E-state index contributed by atoms with van der Waals surface area (Å²) < 4.78 is 5.09. The molecule has 0 aromatic heterocycles. The Morgan fingerprint density at radius 2 is 2.06 bits per heavy atom. The van der Waals surface area contributed by atoms with Crippen LogP contribution in [0.1, 0.15) is 46.0 Å². The van der Waals surface area contributed by atoms with Gasteiger partial charge in [0.05, 0.1) is 13.2 Å². The number of nitrogens with zero attached hydrogens (tertiary/aromatic N) is 1. The van der Waals surface area contributed by atoms with E-state index in [1.165, 1.54) is 32.4 Å². The van der Waals surface area contributed by atoms with E-state index in [2.05, 4.69) is 24.1 Å². The summed E-state index contributed by atoms with van der Waals surface area (Å²) in [4.78, 5) is 13.9. The molecule has 0 bridgehead atoms. The number of carbonyl (C=O) groups is 1. The first-order chi connectivity index (χ1) is 8.74. The summed E-state index contributed by atoms with van der Waals surface area (Å²) in [5, 5.41) is 3.19. The van der Waals surface area contributed by atoms with Crippen LogP contribution in [0.25, 0.3) is 0 Å². The molecule has 0 aliphatic carbocycles. The molecule has 106 valence electrons. The van der Waals surface area contributed by atoms with E-state index >= 15 is 0 Å². The van der Waals surface area contributed by atoms with E-state index in [1.807, 2.05) is 0 Å². The molecule has 0 saturated carbocycles. The second kappa shape index (κ2) is 9.34. The molecule has 1 unspecified atom stereocenters. The maximum absolute atomic E-state index is 11.4. The van der Waals surface area contributed by atoms with Crippen LogP contribution in [0.15, 0.2) is 0 Å². The second-order valence-electron chi connectivity index (χ2n) is 5.15. The molecule has 1 aliphatic rings. The van der Waals surface area contributed by atoms with Crippen LogP contribution in [-0.2, 0) is 9.53 Å². The van der Waals surface area contributed by atoms with E-state index in [-0.39, 0.29) is 5.97 Å². The van der Waals surface area contributed by atoms with Crippen molar-refractivity contribution < 1.29 is 9.53 Å². The number of nitrogens with one attached hydrogen (secondary N) is 1. The second-order valence-corrected chi connectivity index (χ2v) is 5.15. The predicted molar refractivity (Wildman–Crippen MR) is 73.6 cm³/mol. The summed E-state index contributed by atoms with van der Waals surface area (Å²) in [5.41, 5.74) is 0. The molecule has 0 aromatic rings. The lowest BCUT2D eigenvalue weighted by Crippen LogP contribution is -2.44. The normalized spacial score (nSPS) is 18.6. The van der Waals surface area contributed by atoms with Gasteiger partial charge in [0.2, 0.25) is 0 Å². The van der Waals surface area contributed by atoms with Crippen LogP contribution in [-0.4, -0.2) is 49.7 Å². The van der Waals surface area contributed by atoms with Gasteiger partial charge in [-0.15, -0.1) is 0 Å². The number of likely N-dealkylation sites (tertiary alicyclic amines) is 1. The highest BCUT2D eigenvalue weighted by Crippen LogP contribution is 2.11. The van der Waals surface area contributed by atoms with Crippen molar-refractivity contribution in [2.24, 2.45) is 0 Å². The van der Waals surface area contributed by atoms with Crippen molar-refractivity contribution in [3.05, 3.63) is 0 Å². The van der Waals surface area contributed by atoms with Crippen molar-refractivity contribution in [3.8, 4) is 0 Å². The summed E-state index contributed by atoms with van der Waals surface area (Å²) in [7, 11) is 0. The Labute approximate surface area is 111 Å². The summed E-state index contributed by atoms with van der Waals surface area (Å²) in [6, 6.07) is 0.508. The van der Waals surface area contributed by atoms with E-state index in [1.54, 1.807) is 0 Å². The average molecular weight is 256 g/mol. The molecule has 4 heteroatoms. The monoisotopic (exact) mass is 256 g/mol. The summed E-state index contributed by atoms with van der Waals surface area (Å²) in [6.45, 7) is 8.46. The van der Waals surface area contributed by atoms with Crippen LogP contribution >= 0.6 is 0 Å². The maximum atomic E-state index is 11.4. The lowest BCUT2D eigenvalue weighted by molar-refractivity contribution is -0.142. The van der Waals surface area contributed by atoms with Crippen molar-refractivity contribution in [2.45, 2.75) is 52.0 Å². The van der Waals surface area contributed by atoms with Gasteiger partial charge in [0.1, 0.15) is 0 Å². The highest BCUT2D eigenvalue weighted by Gasteiger charge is 2.16. The molecule has 4 nitrogen and oxygen atoms in total. The lowest BCUT2D eigenvalue weighted by atomic mass is 10.1. The Bertz CT molecular complexity index is 228. The highest BCUT2D eigenvalue weighted by atomic mass is 16.5. The number of esters is 1. The quantitative estimate of drug-likeness (QED) is 0.531. The summed E-state index contributed by atoms with van der Waals surface area (Å²) in [5.74, 6) is -0.130. The fourth-order valence-corrected chi connectivity index (χ4v) is 2.25. The van der Waals surface area contributed by atoms with Gasteiger partial charge in [-0.25, -0.2) is 0 Å². The van der Waals surface area contributed by atoms with Gasteiger partial charge in [-0.05, 0) is 39.3 Å². The molecule has 0 radical (unpaired) electrons. The molecule has 1 fully saturated rings. The van der Waals surface area contributed by atoms with E-state index < -0.39 is 0 Å². The molecule has 1 saturated heterocycles. The summed E-state index contributed by atoms with van der Waals surface area (Å²) in [6.07, 6.45) is 6.00. The number of unbranched alkanes of at least 4 members (excludes halogenated alkanes) is 1. The zero-order valence-corrected chi connectivity index (χ0v) is 11.9. The first-order valence-corrected chi connectivity index (χ1v) is 7.34. The minimum absolute atomic E-state index is 0.130. The van der Waals surface area contributed by atoms with Crippen LogP contribution in [0.4, 0.5) is 0 Å². The van der Waals surface area contributed by atoms with Crippen molar-refractivity contribution in [3.63, 3.8) is 0 Å². The first kappa shape index (κ1) is 15.4. The molecule has 1 rings (SSSR count). The van der Waals surface area contributed by atoms with Crippen LogP contribution < -0.4 is 5.32 Å². The van der Waals surface area contributed by atoms with Crippen molar-refractivity contribution >= 4 is 5.97 Å². The molecule has 1 N–H and O–H groups in total. The molecule has 1 aliphatic heterocycles. The van der Waals surface area contributed by atoms with Gasteiger partial charge in [-0.2, -0.15) is 0 Å². The fourth-order valence-electron chi connectivity index (χ4n) is 2.25. The van der Waals surface area contributed by atoms with E-state index in [0.29, 0.717) is 19.2 Å². The topological polar surface area (TPSA) is 41.6 Å². The SMILES string of the molecule is CCCCOC(=O)CNCC(C)N1CCCCC1. The Morgan fingerprint density at radius 1 is 1.33 bits per heavy atom. The van der Waals surface area contributed by atoms with Crippen LogP contribution in [0.2, 0.25) is 0 Å². The Kier molecular flexibility index (Phi) is 8.01. The summed E-state index contributed by atoms with van der Waals surface area (Å²) >= 11 is 0. The predicted octanol–water partition coefficient (Wildman–Crippen LogP) is 1.79. The van der Waals surface area contributed by atoms with E-state index in [9.17, 15) is 4.79 Å². The van der Waals surface area contributed by atoms with Gasteiger partial charge in [-0.3, -0.25) is 9.69 Å². The average Bonchev–Trinajstić information content (AvgIpc) is 2.40. The molecule has 1 heterocycles. The van der Waals surface area contributed by atoms with Crippen molar-refractivity contribution in [2.75, 3.05) is 32.8 Å². The third-order valence-electron chi connectivity index (χ3n) is 3.48. The molecule has 1 atom stereocenters. The maximum Gasteiger partial charge on any atom is 0.319 e. The smallest absolute Gasteiger partial charge is 0.319 e. The first-order valence-electron chi connectivity index (χ1n) is 7.34. The van der Waals surface area contributed by atoms with Crippen LogP contribution in [0.5, 0.6) is 0 Å². The van der Waals surface area contributed by atoms with Crippen molar-refractivity contribution in [1.82, 2.24) is 10.2 Å². The third kappa shape index (κ3) is 6.36. The van der Waals surface area contributed by atoms with Gasteiger partial charge in [0.25, 0.3) is 0 Å². The third-order valence-corrected chi connectivity index (χ3v) is 3.48. The lowest BCUT2D eigenvalue weighted by Gasteiger charge is -2.32. The zero-order chi connectivity index (χ0) is 13.2. The van der Waals surface area contributed by atoms with Crippen LogP contribution in [0.3, 0.4) is 0 Å². The fraction of sp³-hybridized carbons (Fsp3) is 0.929. The Morgan fingerprint density at radius 3 is 2.72 bits per heavy atom.